The maximum Gasteiger partial charge on any atom is 0.0684 e. The molecule has 1 rings (SSSR count). The standard InChI is InChI=1S/C12H21NS2/c1-3-11(13-2)7-4-5-8-12-14-9-6-10-15-12/h11-13H,3,5-6,8-10H2,1-2H3. The number of thioether (sulfide) groups is 2. The molecule has 15 heavy (non-hydrogen) atoms. The van der Waals surface area contributed by atoms with E-state index in [1.54, 1.807) is 0 Å². The van der Waals surface area contributed by atoms with Crippen molar-refractivity contribution in [3.8, 4) is 11.8 Å². The van der Waals surface area contributed by atoms with Gasteiger partial charge >= 0.3 is 0 Å². The van der Waals surface area contributed by atoms with Gasteiger partial charge in [0.25, 0.3) is 0 Å². The third kappa shape index (κ3) is 5.75. The molecular weight excluding hydrogens is 222 g/mol. The third-order valence-electron chi connectivity index (χ3n) is 2.43. The molecule has 1 fully saturated rings. The van der Waals surface area contributed by atoms with Crippen molar-refractivity contribution < 1.29 is 0 Å². The second kappa shape index (κ2) is 8.38. The highest BCUT2D eigenvalue weighted by atomic mass is 32.2. The van der Waals surface area contributed by atoms with Crippen LogP contribution in [0.5, 0.6) is 0 Å². The first-order valence-electron chi connectivity index (χ1n) is 5.75. The molecule has 0 aromatic heterocycles. The number of hydrogen-bond donors (Lipinski definition) is 1. The molecule has 1 aliphatic rings. The van der Waals surface area contributed by atoms with Gasteiger partial charge in [-0.15, -0.1) is 29.4 Å². The molecule has 0 bridgehead atoms. The first-order chi connectivity index (χ1) is 7.36. The van der Waals surface area contributed by atoms with E-state index in [2.05, 4.69) is 47.6 Å². The summed E-state index contributed by atoms with van der Waals surface area (Å²) in [5, 5.41) is 3.21. The SMILES string of the molecule is CCC(C#CCCC1SCCCS1)NC. The molecule has 0 saturated carbocycles. The van der Waals surface area contributed by atoms with Crippen LogP contribution in [-0.2, 0) is 0 Å². The van der Waals surface area contributed by atoms with Crippen molar-refractivity contribution in [2.45, 2.75) is 43.2 Å². The van der Waals surface area contributed by atoms with E-state index >= 15 is 0 Å². The molecule has 1 saturated heterocycles. The molecule has 1 unspecified atom stereocenters. The maximum absolute atomic E-state index is 3.30. The normalized spacial score (nSPS) is 19.3. The molecule has 0 amide bonds. The molecule has 1 heterocycles. The highest BCUT2D eigenvalue weighted by Crippen LogP contribution is 2.33. The fourth-order valence-electron chi connectivity index (χ4n) is 1.47. The summed E-state index contributed by atoms with van der Waals surface area (Å²) in [6, 6.07) is 0.386. The molecule has 0 spiro atoms. The molecule has 0 radical (unpaired) electrons. The van der Waals surface area contributed by atoms with Crippen molar-refractivity contribution in [3.63, 3.8) is 0 Å². The second-order valence-corrected chi connectivity index (χ2v) is 6.55. The lowest BCUT2D eigenvalue weighted by Gasteiger charge is -2.19. The van der Waals surface area contributed by atoms with Gasteiger partial charge < -0.3 is 5.32 Å². The van der Waals surface area contributed by atoms with Crippen LogP contribution in [0.1, 0.15) is 32.6 Å². The lowest BCUT2D eigenvalue weighted by atomic mass is 10.2. The van der Waals surface area contributed by atoms with Crippen molar-refractivity contribution in [2.75, 3.05) is 18.6 Å². The Kier molecular flexibility index (Phi) is 7.42. The fourth-order valence-corrected chi connectivity index (χ4v) is 4.33. The monoisotopic (exact) mass is 243 g/mol. The molecule has 1 nitrogen and oxygen atoms in total. The van der Waals surface area contributed by atoms with Crippen LogP contribution in [0.3, 0.4) is 0 Å². The van der Waals surface area contributed by atoms with Gasteiger partial charge in [0.1, 0.15) is 0 Å². The molecule has 1 aliphatic heterocycles. The predicted octanol–water partition coefficient (Wildman–Crippen LogP) is 2.96. The Balaban J connectivity index is 2.13. The summed E-state index contributed by atoms with van der Waals surface area (Å²) in [6.07, 6.45) is 4.79. The van der Waals surface area contributed by atoms with Gasteiger partial charge in [0, 0.05) is 6.42 Å². The van der Waals surface area contributed by atoms with Gasteiger partial charge in [-0.1, -0.05) is 12.8 Å². The zero-order valence-electron chi connectivity index (χ0n) is 9.71. The number of nitrogens with one attached hydrogen (secondary N) is 1. The minimum atomic E-state index is 0.386. The van der Waals surface area contributed by atoms with Gasteiger partial charge in [-0.2, -0.15) is 0 Å². The summed E-state index contributed by atoms with van der Waals surface area (Å²) in [7, 11) is 1.98. The summed E-state index contributed by atoms with van der Waals surface area (Å²) < 4.78 is 0.808. The van der Waals surface area contributed by atoms with Gasteiger partial charge in [-0.05, 0) is 37.8 Å². The summed E-state index contributed by atoms with van der Waals surface area (Å²) in [4.78, 5) is 0. The number of rotatable bonds is 4. The summed E-state index contributed by atoms with van der Waals surface area (Å²) in [5.41, 5.74) is 0. The molecule has 86 valence electrons. The Morgan fingerprint density at radius 3 is 2.73 bits per heavy atom. The first kappa shape index (κ1) is 13.3. The largest absolute Gasteiger partial charge is 0.307 e. The number of hydrogen-bond acceptors (Lipinski definition) is 3. The average Bonchev–Trinajstić information content (AvgIpc) is 2.31. The summed E-state index contributed by atoms with van der Waals surface area (Å²) in [6.45, 7) is 2.17. The van der Waals surface area contributed by atoms with E-state index in [4.69, 9.17) is 0 Å². The predicted molar refractivity (Wildman–Crippen MR) is 73.5 cm³/mol. The first-order valence-corrected chi connectivity index (χ1v) is 7.85. The van der Waals surface area contributed by atoms with Crippen LogP contribution in [0.15, 0.2) is 0 Å². The van der Waals surface area contributed by atoms with Crippen molar-refractivity contribution in [1.29, 1.82) is 0 Å². The molecule has 3 heteroatoms. The van der Waals surface area contributed by atoms with E-state index in [0.29, 0.717) is 6.04 Å². The van der Waals surface area contributed by atoms with Crippen LogP contribution >= 0.6 is 23.5 Å². The summed E-state index contributed by atoms with van der Waals surface area (Å²) in [5.74, 6) is 9.27. The van der Waals surface area contributed by atoms with Crippen molar-refractivity contribution in [1.82, 2.24) is 5.32 Å². The van der Waals surface area contributed by atoms with Crippen LogP contribution in [0.4, 0.5) is 0 Å². The third-order valence-corrected chi connectivity index (χ3v) is 5.51. The maximum atomic E-state index is 3.30. The highest BCUT2D eigenvalue weighted by Gasteiger charge is 2.12. The lowest BCUT2D eigenvalue weighted by Crippen LogP contribution is -2.21. The van der Waals surface area contributed by atoms with Gasteiger partial charge in [0.2, 0.25) is 0 Å². The van der Waals surface area contributed by atoms with Crippen LogP contribution < -0.4 is 5.32 Å². The van der Waals surface area contributed by atoms with Gasteiger partial charge in [0.15, 0.2) is 0 Å². The quantitative estimate of drug-likeness (QED) is 0.763. The Morgan fingerprint density at radius 2 is 2.13 bits per heavy atom. The zero-order chi connectivity index (χ0) is 10.9. The Morgan fingerprint density at radius 1 is 1.40 bits per heavy atom. The molecule has 1 N–H and O–H groups in total. The van der Waals surface area contributed by atoms with E-state index < -0.39 is 0 Å². The van der Waals surface area contributed by atoms with E-state index in [-0.39, 0.29) is 0 Å². The molecular formula is C12H21NS2. The minimum absolute atomic E-state index is 0.386. The van der Waals surface area contributed by atoms with Gasteiger partial charge in [-0.25, -0.2) is 0 Å². The average molecular weight is 243 g/mol. The fraction of sp³-hybridized carbons (Fsp3) is 0.833. The van der Waals surface area contributed by atoms with Crippen LogP contribution in [0.2, 0.25) is 0 Å². The Bertz CT molecular complexity index is 209. The Labute approximate surface area is 103 Å². The van der Waals surface area contributed by atoms with Gasteiger partial charge in [-0.3, -0.25) is 0 Å². The second-order valence-electron chi connectivity index (χ2n) is 3.63. The smallest absolute Gasteiger partial charge is 0.0684 e. The van der Waals surface area contributed by atoms with Crippen LogP contribution in [0.25, 0.3) is 0 Å². The minimum Gasteiger partial charge on any atom is -0.307 e. The van der Waals surface area contributed by atoms with Crippen LogP contribution in [0, 0.1) is 11.8 Å². The van der Waals surface area contributed by atoms with Crippen molar-refractivity contribution in [3.05, 3.63) is 0 Å². The van der Waals surface area contributed by atoms with E-state index in [9.17, 15) is 0 Å². The van der Waals surface area contributed by atoms with Crippen molar-refractivity contribution >= 4 is 23.5 Å². The van der Waals surface area contributed by atoms with E-state index in [1.807, 2.05) is 7.05 Å². The summed E-state index contributed by atoms with van der Waals surface area (Å²) >= 11 is 4.23. The molecule has 0 aromatic carbocycles. The zero-order valence-corrected chi connectivity index (χ0v) is 11.3. The Hall–Kier alpha value is 0.220. The lowest BCUT2D eigenvalue weighted by molar-refractivity contribution is 0.665. The topological polar surface area (TPSA) is 12.0 Å². The van der Waals surface area contributed by atoms with E-state index in [0.717, 1.165) is 17.4 Å². The van der Waals surface area contributed by atoms with E-state index in [1.165, 1.54) is 24.3 Å². The van der Waals surface area contributed by atoms with Gasteiger partial charge in [0.05, 0.1) is 10.6 Å². The molecule has 0 aliphatic carbocycles. The van der Waals surface area contributed by atoms with Crippen LogP contribution in [-0.4, -0.2) is 29.2 Å². The highest BCUT2D eigenvalue weighted by molar-refractivity contribution is 8.17. The molecule has 0 aromatic rings. The molecule has 1 atom stereocenters. The van der Waals surface area contributed by atoms with Crippen molar-refractivity contribution in [2.24, 2.45) is 0 Å².